The molecule has 0 fully saturated rings. The molecule has 26 heavy (non-hydrogen) atoms. The highest BCUT2D eigenvalue weighted by Gasteiger charge is 2.30. The third-order valence-electron chi connectivity index (χ3n) is 4.28. The fourth-order valence-corrected chi connectivity index (χ4v) is 2.88. The molecule has 0 saturated heterocycles. The Morgan fingerprint density at radius 3 is 2.38 bits per heavy atom. The maximum atomic E-state index is 12.5. The second-order valence-corrected chi connectivity index (χ2v) is 6.91. The van der Waals surface area contributed by atoms with Crippen molar-refractivity contribution < 1.29 is 14.3 Å². The van der Waals surface area contributed by atoms with Gasteiger partial charge in [-0.3, -0.25) is 9.59 Å². The van der Waals surface area contributed by atoms with Crippen LogP contribution in [0.5, 0.6) is 5.75 Å². The van der Waals surface area contributed by atoms with Crippen molar-refractivity contribution in [2.75, 3.05) is 19.7 Å². The zero-order valence-electron chi connectivity index (χ0n) is 16.7. The lowest BCUT2D eigenvalue weighted by Gasteiger charge is -2.32. The summed E-state index contributed by atoms with van der Waals surface area (Å²) >= 11 is 0. The summed E-state index contributed by atoms with van der Waals surface area (Å²) in [6, 6.07) is 9.28. The highest BCUT2D eigenvalue weighted by Crippen LogP contribution is 2.14. The molecule has 1 rings (SSSR count). The molecule has 0 aliphatic heterocycles. The van der Waals surface area contributed by atoms with Crippen molar-refractivity contribution in [3.63, 3.8) is 0 Å². The minimum absolute atomic E-state index is 0.0517. The van der Waals surface area contributed by atoms with E-state index < -0.39 is 6.04 Å². The number of ether oxygens (including phenoxy) is 1. The van der Waals surface area contributed by atoms with Gasteiger partial charge in [0.1, 0.15) is 11.8 Å². The Morgan fingerprint density at radius 1 is 1.12 bits per heavy atom. The maximum absolute atomic E-state index is 12.5. The van der Waals surface area contributed by atoms with Gasteiger partial charge in [-0.25, -0.2) is 0 Å². The first kappa shape index (κ1) is 22.0. The first-order valence-electron chi connectivity index (χ1n) is 9.70. The van der Waals surface area contributed by atoms with E-state index in [0.29, 0.717) is 19.7 Å². The van der Waals surface area contributed by atoms with Gasteiger partial charge in [-0.1, -0.05) is 45.4 Å². The molecule has 2 amide bonds. The molecule has 5 nitrogen and oxygen atoms in total. The van der Waals surface area contributed by atoms with Crippen LogP contribution in [0.3, 0.4) is 0 Å². The smallest absolute Gasteiger partial charge is 0.243 e. The van der Waals surface area contributed by atoms with E-state index in [0.717, 1.165) is 31.4 Å². The predicted octanol–water partition coefficient (Wildman–Crippen LogP) is 3.64. The van der Waals surface area contributed by atoms with Crippen molar-refractivity contribution in [3.05, 3.63) is 30.3 Å². The normalized spacial score (nSPS) is 11.9. The third kappa shape index (κ3) is 7.89. The second-order valence-electron chi connectivity index (χ2n) is 6.91. The molecule has 0 aliphatic rings. The van der Waals surface area contributed by atoms with E-state index in [-0.39, 0.29) is 17.7 Å². The summed E-state index contributed by atoms with van der Waals surface area (Å²) in [6.45, 7) is 9.43. The van der Waals surface area contributed by atoms with Crippen LogP contribution >= 0.6 is 0 Å². The van der Waals surface area contributed by atoms with Crippen LogP contribution in [0.25, 0.3) is 0 Å². The minimum atomic E-state index is -0.417. The number of nitrogens with zero attached hydrogens (tertiary/aromatic N) is 1. The summed E-state index contributed by atoms with van der Waals surface area (Å²) < 4.78 is 5.69. The Hall–Kier alpha value is -2.04. The Balaban J connectivity index is 2.50. The van der Waals surface area contributed by atoms with Gasteiger partial charge in [0, 0.05) is 20.0 Å². The molecular formula is C21H34N2O3. The number of hydrogen-bond donors (Lipinski definition) is 1. The number of para-hydroxylation sites is 1. The zero-order chi connectivity index (χ0) is 19.4. The van der Waals surface area contributed by atoms with Gasteiger partial charge in [-0.05, 0) is 37.3 Å². The molecule has 0 radical (unpaired) electrons. The zero-order valence-corrected chi connectivity index (χ0v) is 16.7. The molecule has 0 heterocycles. The van der Waals surface area contributed by atoms with Gasteiger partial charge < -0.3 is 15.0 Å². The molecule has 1 unspecified atom stereocenters. The molecule has 1 aromatic rings. The van der Waals surface area contributed by atoms with Crippen LogP contribution in [0.4, 0.5) is 0 Å². The number of nitrogens with one attached hydrogen (secondary N) is 1. The van der Waals surface area contributed by atoms with Gasteiger partial charge in [0.05, 0.1) is 6.61 Å². The molecule has 0 bridgehead atoms. The SMILES string of the molecule is CCCCNC(=O)C(C(C)C)N(CCCCOc1ccccc1)C(C)=O. The number of unbranched alkanes of at least 4 members (excludes halogenated alkanes) is 2. The van der Waals surface area contributed by atoms with Gasteiger partial charge in [0.25, 0.3) is 0 Å². The van der Waals surface area contributed by atoms with Crippen LogP contribution in [-0.2, 0) is 9.59 Å². The highest BCUT2D eigenvalue weighted by atomic mass is 16.5. The van der Waals surface area contributed by atoms with Crippen molar-refractivity contribution >= 4 is 11.8 Å². The van der Waals surface area contributed by atoms with Crippen molar-refractivity contribution in [2.24, 2.45) is 5.92 Å². The van der Waals surface area contributed by atoms with Crippen molar-refractivity contribution in [2.45, 2.75) is 59.4 Å². The van der Waals surface area contributed by atoms with Crippen LogP contribution in [-0.4, -0.2) is 42.5 Å². The van der Waals surface area contributed by atoms with E-state index in [4.69, 9.17) is 4.74 Å². The highest BCUT2D eigenvalue weighted by molar-refractivity contribution is 5.87. The fourth-order valence-electron chi connectivity index (χ4n) is 2.88. The maximum Gasteiger partial charge on any atom is 0.243 e. The van der Waals surface area contributed by atoms with Gasteiger partial charge in [0.15, 0.2) is 0 Å². The lowest BCUT2D eigenvalue weighted by Crippen LogP contribution is -2.52. The molecule has 0 spiro atoms. The van der Waals surface area contributed by atoms with Crippen LogP contribution < -0.4 is 10.1 Å². The molecule has 1 aromatic carbocycles. The summed E-state index contributed by atoms with van der Waals surface area (Å²) in [4.78, 5) is 26.4. The minimum Gasteiger partial charge on any atom is -0.494 e. The van der Waals surface area contributed by atoms with Crippen LogP contribution in [0.1, 0.15) is 53.4 Å². The van der Waals surface area contributed by atoms with E-state index in [2.05, 4.69) is 12.2 Å². The molecule has 1 N–H and O–H groups in total. The van der Waals surface area contributed by atoms with E-state index in [1.165, 1.54) is 6.92 Å². The fraction of sp³-hybridized carbons (Fsp3) is 0.619. The van der Waals surface area contributed by atoms with E-state index in [1.54, 1.807) is 4.90 Å². The summed E-state index contributed by atoms with van der Waals surface area (Å²) in [5, 5.41) is 2.97. The van der Waals surface area contributed by atoms with Crippen molar-refractivity contribution in [1.29, 1.82) is 0 Å². The largest absolute Gasteiger partial charge is 0.494 e. The van der Waals surface area contributed by atoms with E-state index in [1.807, 2.05) is 44.2 Å². The molecule has 0 aliphatic carbocycles. The third-order valence-corrected chi connectivity index (χ3v) is 4.28. The van der Waals surface area contributed by atoms with Gasteiger partial charge in [-0.2, -0.15) is 0 Å². The molecule has 1 atom stereocenters. The average Bonchev–Trinajstić information content (AvgIpc) is 2.61. The average molecular weight is 363 g/mol. The summed E-state index contributed by atoms with van der Waals surface area (Å²) in [7, 11) is 0. The number of hydrogen-bond acceptors (Lipinski definition) is 3. The summed E-state index contributed by atoms with van der Waals surface area (Å²) in [5.41, 5.74) is 0. The quantitative estimate of drug-likeness (QED) is 0.578. The Kier molecular flexibility index (Phi) is 10.4. The number of benzene rings is 1. The number of rotatable bonds is 12. The van der Waals surface area contributed by atoms with E-state index in [9.17, 15) is 9.59 Å². The first-order chi connectivity index (χ1) is 12.5. The summed E-state index contributed by atoms with van der Waals surface area (Å²) in [5.74, 6) is 0.815. The second kappa shape index (κ2) is 12.3. The molecular weight excluding hydrogens is 328 g/mol. The van der Waals surface area contributed by atoms with Gasteiger partial charge in [0.2, 0.25) is 11.8 Å². The molecule has 5 heteroatoms. The lowest BCUT2D eigenvalue weighted by atomic mass is 10.0. The Morgan fingerprint density at radius 2 is 1.81 bits per heavy atom. The van der Waals surface area contributed by atoms with Gasteiger partial charge in [-0.15, -0.1) is 0 Å². The van der Waals surface area contributed by atoms with Crippen molar-refractivity contribution in [1.82, 2.24) is 10.2 Å². The summed E-state index contributed by atoms with van der Waals surface area (Å²) in [6.07, 6.45) is 3.62. The topological polar surface area (TPSA) is 58.6 Å². The number of carbonyl (C=O) groups excluding carboxylic acids is 2. The Labute approximate surface area is 158 Å². The molecule has 0 saturated carbocycles. The van der Waals surface area contributed by atoms with E-state index >= 15 is 0 Å². The molecule has 146 valence electrons. The van der Waals surface area contributed by atoms with Crippen LogP contribution in [0, 0.1) is 5.92 Å². The number of carbonyl (C=O) groups is 2. The molecule has 0 aromatic heterocycles. The van der Waals surface area contributed by atoms with Crippen molar-refractivity contribution in [3.8, 4) is 5.75 Å². The van der Waals surface area contributed by atoms with Crippen LogP contribution in [0.15, 0.2) is 30.3 Å². The monoisotopic (exact) mass is 362 g/mol. The Bertz CT molecular complexity index is 531. The lowest BCUT2D eigenvalue weighted by molar-refractivity contribution is -0.140. The van der Waals surface area contributed by atoms with Gasteiger partial charge >= 0.3 is 0 Å². The standard InChI is InChI=1S/C21H34N2O3/c1-5-6-14-22-21(25)20(17(2)3)23(18(4)24)15-10-11-16-26-19-12-8-7-9-13-19/h7-9,12-13,17,20H,5-6,10-11,14-16H2,1-4H3,(H,22,25). The predicted molar refractivity (Wildman–Crippen MR) is 105 cm³/mol. The first-order valence-corrected chi connectivity index (χ1v) is 9.70. The van der Waals surface area contributed by atoms with Crippen LogP contribution in [0.2, 0.25) is 0 Å². The number of amides is 2.